The number of alkyl halides is 3. The maximum absolute atomic E-state index is 12.7. The molecule has 0 bridgehead atoms. The Morgan fingerprint density at radius 3 is 1.79 bits per heavy atom. The number of aliphatic hydroxyl groups excluding tert-OH is 1. The van der Waals surface area contributed by atoms with Crippen molar-refractivity contribution in [2.24, 2.45) is 0 Å². The maximum atomic E-state index is 12.7. The quantitative estimate of drug-likeness (QED) is 0.709. The Morgan fingerprint density at radius 2 is 1.50 bits per heavy atom. The third kappa shape index (κ3) is 2.01. The van der Waals surface area contributed by atoms with Crippen LogP contribution in [0.3, 0.4) is 0 Å². The van der Waals surface area contributed by atoms with Crippen molar-refractivity contribution < 1.29 is 27.1 Å². The summed E-state index contributed by atoms with van der Waals surface area (Å²) in [4.78, 5) is 0. The van der Waals surface area contributed by atoms with Crippen molar-refractivity contribution in [1.29, 1.82) is 0 Å². The van der Waals surface area contributed by atoms with Crippen molar-refractivity contribution in [3.63, 3.8) is 0 Å². The van der Waals surface area contributed by atoms with Crippen LogP contribution in [0.15, 0.2) is 12.1 Å². The van der Waals surface area contributed by atoms with Crippen LogP contribution in [0.4, 0.5) is 22.0 Å². The molecule has 0 aliphatic carbocycles. The monoisotopic (exact) mass is 212 g/mol. The third-order valence-electron chi connectivity index (χ3n) is 1.63. The van der Waals surface area contributed by atoms with Crippen LogP contribution in [0.25, 0.3) is 0 Å². The Balaban J connectivity index is 3.28. The van der Waals surface area contributed by atoms with Crippen LogP contribution >= 0.6 is 0 Å². The van der Waals surface area contributed by atoms with Gasteiger partial charge in [0.2, 0.25) is 0 Å². The van der Waals surface area contributed by atoms with Gasteiger partial charge in [0.25, 0.3) is 0 Å². The molecule has 0 saturated heterocycles. The van der Waals surface area contributed by atoms with Crippen LogP contribution in [-0.2, 0) is 12.8 Å². The molecule has 78 valence electrons. The van der Waals surface area contributed by atoms with Gasteiger partial charge in [-0.15, -0.1) is 0 Å². The van der Waals surface area contributed by atoms with Gasteiger partial charge in [0.15, 0.2) is 0 Å². The van der Waals surface area contributed by atoms with Gasteiger partial charge >= 0.3 is 6.18 Å². The number of benzene rings is 1. The third-order valence-corrected chi connectivity index (χ3v) is 1.63. The first-order valence-corrected chi connectivity index (χ1v) is 3.52. The molecule has 1 rings (SSSR count). The van der Waals surface area contributed by atoms with E-state index in [2.05, 4.69) is 0 Å². The highest BCUT2D eigenvalue weighted by Gasteiger charge is 2.32. The molecule has 0 aliphatic rings. The van der Waals surface area contributed by atoms with E-state index in [4.69, 9.17) is 5.11 Å². The van der Waals surface area contributed by atoms with Gasteiger partial charge in [-0.3, -0.25) is 0 Å². The molecule has 0 aliphatic heterocycles. The molecule has 1 aromatic carbocycles. The van der Waals surface area contributed by atoms with E-state index in [0.717, 1.165) is 0 Å². The van der Waals surface area contributed by atoms with E-state index in [0.29, 0.717) is 0 Å². The van der Waals surface area contributed by atoms with E-state index in [9.17, 15) is 22.0 Å². The fourth-order valence-electron chi connectivity index (χ4n) is 0.918. The SMILES string of the molecule is OCc1c(F)cc(C(F)(F)F)cc1F. The number of rotatable bonds is 1. The molecule has 14 heavy (non-hydrogen) atoms. The van der Waals surface area contributed by atoms with Crippen LogP contribution in [-0.4, -0.2) is 5.11 Å². The Bertz CT molecular complexity index is 321. The van der Waals surface area contributed by atoms with Crippen LogP contribution in [0.5, 0.6) is 0 Å². The highest BCUT2D eigenvalue weighted by molar-refractivity contribution is 5.27. The summed E-state index contributed by atoms with van der Waals surface area (Å²) in [6, 6.07) is 0.295. The summed E-state index contributed by atoms with van der Waals surface area (Å²) in [5.41, 5.74) is -2.18. The van der Waals surface area contributed by atoms with Gasteiger partial charge in [-0.05, 0) is 12.1 Å². The van der Waals surface area contributed by atoms with Gasteiger partial charge in [-0.25, -0.2) is 8.78 Å². The molecule has 0 heterocycles. The minimum Gasteiger partial charge on any atom is -0.391 e. The molecule has 1 aromatic rings. The van der Waals surface area contributed by atoms with Crippen molar-refractivity contribution in [3.8, 4) is 0 Å². The lowest BCUT2D eigenvalue weighted by Gasteiger charge is -2.08. The summed E-state index contributed by atoms with van der Waals surface area (Å²) < 4.78 is 61.4. The van der Waals surface area contributed by atoms with Crippen LogP contribution in [0.2, 0.25) is 0 Å². The fourth-order valence-corrected chi connectivity index (χ4v) is 0.918. The minimum atomic E-state index is -4.80. The zero-order valence-corrected chi connectivity index (χ0v) is 6.70. The normalized spacial score (nSPS) is 11.9. The lowest BCUT2D eigenvalue weighted by atomic mass is 10.1. The number of hydrogen-bond donors (Lipinski definition) is 1. The molecule has 0 fully saturated rings. The van der Waals surface area contributed by atoms with Gasteiger partial charge in [-0.2, -0.15) is 13.2 Å². The van der Waals surface area contributed by atoms with E-state index >= 15 is 0 Å². The van der Waals surface area contributed by atoms with Gasteiger partial charge in [0.1, 0.15) is 11.6 Å². The Morgan fingerprint density at radius 1 is 1.07 bits per heavy atom. The summed E-state index contributed by atoms with van der Waals surface area (Å²) >= 11 is 0. The van der Waals surface area contributed by atoms with Crippen molar-refractivity contribution in [3.05, 3.63) is 34.9 Å². The zero-order chi connectivity index (χ0) is 10.9. The van der Waals surface area contributed by atoms with Crippen molar-refractivity contribution in [2.45, 2.75) is 12.8 Å². The van der Waals surface area contributed by atoms with Crippen molar-refractivity contribution >= 4 is 0 Å². The second kappa shape index (κ2) is 3.53. The largest absolute Gasteiger partial charge is 0.416 e. The van der Waals surface area contributed by atoms with Gasteiger partial charge in [-0.1, -0.05) is 0 Å². The molecule has 1 N–H and O–H groups in total. The van der Waals surface area contributed by atoms with Gasteiger partial charge in [0, 0.05) is 5.56 Å². The molecule has 6 heteroatoms. The number of halogens is 5. The molecule has 0 radical (unpaired) electrons. The fraction of sp³-hybridized carbons (Fsp3) is 0.250. The molecule has 0 amide bonds. The summed E-state index contributed by atoms with van der Waals surface area (Å²) in [5, 5.41) is 8.43. The predicted molar refractivity (Wildman–Crippen MR) is 37.3 cm³/mol. The molecule has 0 unspecified atom stereocenters. The second-order valence-corrected chi connectivity index (χ2v) is 2.57. The summed E-state index contributed by atoms with van der Waals surface area (Å²) in [5.74, 6) is -2.81. The van der Waals surface area contributed by atoms with Gasteiger partial charge < -0.3 is 5.11 Å². The van der Waals surface area contributed by atoms with E-state index in [1.807, 2.05) is 0 Å². The maximum Gasteiger partial charge on any atom is 0.416 e. The van der Waals surface area contributed by atoms with Crippen molar-refractivity contribution in [1.82, 2.24) is 0 Å². The van der Waals surface area contributed by atoms with Crippen LogP contribution in [0, 0.1) is 11.6 Å². The molecule has 0 aromatic heterocycles. The molecule has 1 nitrogen and oxygen atoms in total. The first-order chi connectivity index (χ1) is 6.36. The average Bonchev–Trinajstić information content (AvgIpc) is 2.01. The Hall–Kier alpha value is -1.17. The Labute approximate surface area is 75.8 Å². The first kappa shape index (κ1) is 10.9. The summed E-state index contributed by atoms with van der Waals surface area (Å²) in [6.45, 7) is -0.976. The minimum absolute atomic E-state index is 0.147. The van der Waals surface area contributed by atoms with E-state index < -0.39 is 35.5 Å². The first-order valence-electron chi connectivity index (χ1n) is 3.52. The molecular weight excluding hydrogens is 207 g/mol. The van der Waals surface area contributed by atoms with E-state index in [1.165, 1.54) is 0 Å². The zero-order valence-electron chi connectivity index (χ0n) is 6.70. The highest BCUT2D eigenvalue weighted by Crippen LogP contribution is 2.31. The van der Waals surface area contributed by atoms with Crippen LogP contribution in [0.1, 0.15) is 11.1 Å². The summed E-state index contributed by atoms with van der Waals surface area (Å²) in [6.07, 6.45) is -4.80. The highest BCUT2D eigenvalue weighted by atomic mass is 19.4. The topological polar surface area (TPSA) is 20.2 Å². The lowest BCUT2D eigenvalue weighted by Crippen LogP contribution is -2.08. The van der Waals surface area contributed by atoms with Gasteiger partial charge in [0.05, 0.1) is 12.2 Å². The van der Waals surface area contributed by atoms with Crippen LogP contribution < -0.4 is 0 Å². The average molecular weight is 212 g/mol. The predicted octanol–water partition coefficient (Wildman–Crippen LogP) is 2.48. The lowest BCUT2D eigenvalue weighted by molar-refractivity contribution is -0.138. The standard InChI is InChI=1S/C8H5F5O/c9-6-1-4(8(11,12)13)2-7(10)5(6)3-14/h1-2,14H,3H2. The smallest absolute Gasteiger partial charge is 0.391 e. The molecule has 0 spiro atoms. The van der Waals surface area contributed by atoms with Crippen molar-refractivity contribution in [2.75, 3.05) is 0 Å². The molecule has 0 atom stereocenters. The number of aliphatic hydroxyl groups is 1. The molecule has 0 saturated carbocycles. The Kier molecular flexibility index (Phi) is 2.75. The van der Waals surface area contributed by atoms with E-state index in [1.54, 1.807) is 0 Å². The summed E-state index contributed by atoms with van der Waals surface area (Å²) in [7, 11) is 0. The van der Waals surface area contributed by atoms with E-state index in [-0.39, 0.29) is 12.1 Å². The molecular formula is C8H5F5O. The second-order valence-electron chi connectivity index (χ2n) is 2.57. The number of hydrogen-bond acceptors (Lipinski definition) is 1.